The number of Topliss-reactive ketones (excluding diaryl/α,β-unsaturated/α-hetero) is 1. The van der Waals surface area contributed by atoms with Crippen LogP contribution in [0.1, 0.15) is 24.2 Å². The zero-order chi connectivity index (χ0) is 15.5. The van der Waals surface area contributed by atoms with Crippen LogP contribution in [0.3, 0.4) is 0 Å². The number of aliphatic carboxylic acids is 1. The van der Waals surface area contributed by atoms with E-state index in [0.717, 1.165) is 10.6 Å². The second-order valence-corrected chi connectivity index (χ2v) is 6.54. The van der Waals surface area contributed by atoms with Gasteiger partial charge in [0.15, 0.2) is 5.78 Å². The number of benzene rings is 1. The fourth-order valence-corrected chi connectivity index (χ4v) is 2.62. The van der Waals surface area contributed by atoms with Gasteiger partial charge in [-0.2, -0.15) is 0 Å². The lowest BCUT2D eigenvalue weighted by molar-refractivity contribution is -0.140. The maximum atomic E-state index is 11.8. The van der Waals surface area contributed by atoms with Crippen molar-refractivity contribution in [3.63, 3.8) is 0 Å². The van der Waals surface area contributed by atoms with Gasteiger partial charge >= 0.3 is 5.97 Å². The van der Waals surface area contributed by atoms with Crippen molar-refractivity contribution < 1.29 is 23.1 Å². The van der Waals surface area contributed by atoms with Crippen LogP contribution in [0.4, 0.5) is 5.69 Å². The molecular formula is C13H17NO5S. The van der Waals surface area contributed by atoms with Gasteiger partial charge in [0.1, 0.15) is 0 Å². The molecule has 20 heavy (non-hydrogen) atoms. The van der Waals surface area contributed by atoms with E-state index in [0.29, 0.717) is 11.3 Å². The minimum atomic E-state index is -3.59. The van der Waals surface area contributed by atoms with Gasteiger partial charge in [0, 0.05) is 12.1 Å². The summed E-state index contributed by atoms with van der Waals surface area (Å²) in [5, 5.41) is 8.89. The summed E-state index contributed by atoms with van der Waals surface area (Å²) in [6.07, 6.45) is 1.01. The molecule has 0 saturated heterocycles. The highest BCUT2D eigenvalue weighted by atomic mass is 32.2. The molecule has 0 amide bonds. The maximum Gasteiger partial charge on any atom is 0.308 e. The van der Waals surface area contributed by atoms with Crippen LogP contribution >= 0.6 is 0 Å². The van der Waals surface area contributed by atoms with E-state index in [1.807, 2.05) is 0 Å². The largest absolute Gasteiger partial charge is 0.481 e. The Bertz CT molecular complexity index is 606. The van der Waals surface area contributed by atoms with Crippen molar-refractivity contribution in [3.05, 3.63) is 29.8 Å². The van der Waals surface area contributed by atoms with Crippen molar-refractivity contribution in [1.29, 1.82) is 0 Å². The summed E-state index contributed by atoms with van der Waals surface area (Å²) in [6.45, 7) is 2.69. The summed E-state index contributed by atoms with van der Waals surface area (Å²) >= 11 is 0. The molecule has 7 heteroatoms. The van der Waals surface area contributed by atoms with E-state index in [9.17, 15) is 18.0 Å². The van der Waals surface area contributed by atoms with Crippen molar-refractivity contribution >= 4 is 27.5 Å². The van der Waals surface area contributed by atoms with Crippen LogP contribution in [0, 0.1) is 5.92 Å². The molecule has 110 valence electrons. The molecule has 0 saturated carbocycles. The minimum Gasteiger partial charge on any atom is -0.481 e. The van der Waals surface area contributed by atoms with E-state index in [-0.39, 0.29) is 12.3 Å². The zero-order valence-corrected chi connectivity index (χ0v) is 12.3. The molecule has 1 atom stereocenters. The van der Waals surface area contributed by atoms with Crippen molar-refractivity contribution in [3.8, 4) is 0 Å². The number of carbonyl (C=O) groups is 2. The molecule has 1 rings (SSSR count). The molecule has 1 aromatic rings. The summed E-state index contributed by atoms with van der Waals surface area (Å²) in [5.41, 5.74) is 0.805. The van der Waals surface area contributed by atoms with Crippen LogP contribution in [0.15, 0.2) is 24.3 Å². The summed E-state index contributed by atoms with van der Waals surface area (Å²) in [4.78, 5) is 22.1. The second kappa shape index (κ2) is 6.04. The first-order chi connectivity index (χ1) is 9.12. The van der Waals surface area contributed by atoms with Gasteiger partial charge in [0.25, 0.3) is 0 Å². The van der Waals surface area contributed by atoms with Gasteiger partial charge in [-0.3, -0.25) is 13.9 Å². The molecule has 0 radical (unpaired) electrons. The number of hydrogen-bond acceptors (Lipinski definition) is 4. The number of nitrogens with zero attached hydrogens (tertiary/aromatic N) is 1. The minimum absolute atomic E-state index is 0.124. The van der Waals surface area contributed by atoms with Crippen molar-refractivity contribution in [1.82, 2.24) is 0 Å². The van der Waals surface area contributed by atoms with E-state index in [1.54, 1.807) is 0 Å². The smallest absolute Gasteiger partial charge is 0.308 e. The molecule has 1 unspecified atom stereocenters. The number of sulfonamides is 1. The quantitative estimate of drug-likeness (QED) is 0.801. The third-order valence-electron chi connectivity index (χ3n) is 2.82. The monoisotopic (exact) mass is 299 g/mol. The van der Waals surface area contributed by atoms with Gasteiger partial charge in [-0.15, -0.1) is 0 Å². The van der Waals surface area contributed by atoms with Crippen LogP contribution in [-0.2, 0) is 14.8 Å². The highest BCUT2D eigenvalue weighted by molar-refractivity contribution is 7.92. The van der Waals surface area contributed by atoms with Gasteiger partial charge in [0.05, 0.1) is 17.9 Å². The predicted octanol–water partition coefficient (Wildman–Crippen LogP) is 1.38. The molecule has 0 aliphatic heterocycles. The Kier molecular flexibility index (Phi) is 4.88. The maximum absolute atomic E-state index is 11.8. The molecule has 0 aliphatic rings. The molecule has 0 aliphatic carbocycles. The Labute approximate surface area is 118 Å². The number of carboxylic acid groups (broad SMARTS) is 1. The molecule has 0 heterocycles. The Hall–Kier alpha value is -1.89. The van der Waals surface area contributed by atoms with Crippen LogP contribution in [-0.4, -0.2) is 38.1 Å². The van der Waals surface area contributed by atoms with Gasteiger partial charge in [-0.1, -0.05) is 6.92 Å². The van der Waals surface area contributed by atoms with Crippen molar-refractivity contribution in [2.45, 2.75) is 13.8 Å². The SMILES string of the molecule is CC(=O)c1ccc(N(CC(C)C(=O)O)S(C)(=O)=O)cc1. The van der Waals surface area contributed by atoms with Crippen LogP contribution in [0.25, 0.3) is 0 Å². The molecule has 0 bridgehead atoms. The Morgan fingerprint density at radius 1 is 1.25 bits per heavy atom. The molecule has 0 aromatic heterocycles. The summed E-state index contributed by atoms with van der Waals surface area (Å²) < 4.78 is 24.6. The lowest BCUT2D eigenvalue weighted by atomic mass is 10.1. The summed E-state index contributed by atoms with van der Waals surface area (Å²) in [7, 11) is -3.59. The average Bonchev–Trinajstić information content (AvgIpc) is 2.34. The highest BCUT2D eigenvalue weighted by Gasteiger charge is 2.23. The van der Waals surface area contributed by atoms with Crippen molar-refractivity contribution in [2.24, 2.45) is 5.92 Å². The molecule has 1 N–H and O–H groups in total. The Morgan fingerprint density at radius 2 is 1.75 bits per heavy atom. The number of hydrogen-bond donors (Lipinski definition) is 1. The average molecular weight is 299 g/mol. The third-order valence-corrected chi connectivity index (χ3v) is 3.98. The lowest BCUT2D eigenvalue weighted by Gasteiger charge is -2.24. The first kappa shape index (κ1) is 16.2. The third kappa shape index (κ3) is 4.06. The van der Waals surface area contributed by atoms with E-state index in [2.05, 4.69) is 0 Å². The van der Waals surface area contributed by atoms with E-state index < -0.39 is 21.9 Å². The number of carbonyl (C=O) groups excluding carboxylic acids is 1. The fraction of sp³-hybridized carbons (Fsp3) is 0.385. The van der Waals surface area contributed by atoms with Gasteiger partial charge in [-0.05, 0) is 31.2 Å². The van der Waals surface area contributed by atoms with E-state index in [4.69, 9.17) is 5.11 Å². The van der Waals surface area contributed by atoms with Crippen molar-refractivity contribution in [2.75, 3.05) is 17.1 Å². The second-order valence-electron chi connectivity index (χ2n) is 4.64. The zero-order valence-electron chi connectivity index (χ0n) is 11.5. The first-order valence-corrected chi connectivity index (χ1v) is 7.79. The topological polar surface area (TPSA) is 91.8 Å². The highest BCUT2D eigenvalue weighted by Crippen LogP contribution is 2.20. The normalized spacial score (nSPS) is 12.8. The number of anilines is 1. The van der Waals surface area contributed by atoms with E-state index in [1.165, 1.54) is 38.1 Å². The fourth-order valence-electron chi connectivity index (χ4n) is 1.62. The van der Waals surface area contributed by atoms with Crippen LogP contribution in [0.2, 0.25) is 0 Å². The van der Waals surface area contributed by atoms with Crippen LogP contribution < -0.4 is 4.31 Å². The molecule has 0 fully saturated rings. The molecular weight excluding hydrogens is 282 g/mol. The Morgan fingerprint density at radius 3 is 2.10 bits per heavy atom. The van der Waals surface area contributed by atoms with E-state index >= 15 is 0 Å². The predicted molar refractivity (Wildman–Crippen MR) is 75.4 cm³/mol. The number of rotatable bonds is 6. The summed E-state index contributed by atoms with van der Waals surface area (Å²) in [6, 6.07) is 6.02. The standard InChI is InChI=1S/C13H17NO5S/c1-9(13(16)17)8-14(20(3,18)19)12-6-4-11(5-7-12)10(2)15/h4-7,9H,8H2,1-3H3,(H,16,17). The van der Waals surface area contributed by atoms with Gasteiger partial charge in [0.2, 0.25) is 10.0 Å². The van der Waals surface area contributed by atoms with Gasteiger partial charge < -0.3 is 5.11 Å². The van der Waals surface area contributed by atoms with Gasteiger partial charge in [-0.25, -0.2) is 8.42 Å². The number of carboxylic acids is 1. The Balaban J connectivity index is 3.12. The first-order valence-electron chi connectivity index (χ1n) is 5.94. The summed E-state index contributed by atoms with van der Waals surface area (Å²) in [5.74, 6) is -2.03. The molecule has 0 spiro atoms. The van der Waals surface area contributed by atoms with Crippen LogP contribution in [0.5, 0.6) is 0 Å². The number of ketones is 1. The molecule has 1 aromatic carbocycles. The molecule has 6 nitrogen and oxygen atoms in total. The lowest BCUT2D eigenvalue weighted by Crippen LogP contribution is -2.36.